The number of ether oxygens (including phenoxy) is 1. The van der Waals surface area contributed by atoms with Crippen LogP contribution < -0.4 is 0 Å². The van der Waals surface area contributed by atoms with Crippen LogP contribution >= 0.6 is 11.6 Å². The first-order valence-corrected chi connectivity index (χ1v) is 6.38. The van der Waals surface area contributed by atoms with Gasteiger partial charge in [-0.2, -0.15) is 4.98 Å². The van der Waals surface area contributed by atoms with Gasteiger partial charge in [-0.1, -0.05) is 30.1 Å². The molecular formula is C13H15ClN2O3. The van der Waals surface area contributed by atoms with Crippen LogP contribution in [0.4, 0.5) is 0 Å². The molecule has 0 bridgehead atoms. The monoisotopic (exact) mass is 282 g/mol. The quantitative estimate of drug-likeness (QED) is 0.908. The molecule has 2 rings (SSSR count). The summed E-state index contributed by atoms with van der Waals surface area (Å²) in [6.45, 7) is 2.05. The van der Waals surface area contributed by atoms with Gasteiger partial charge in [0.25, 0.3) is 5.89 Å². The number of phenols is 1. The zero-order valence-corrected chi connectivity index (χ0v) is 11.5. The highest BCUT2D eigenvalue weighted by Gasteiger charge is 2.19. The van der Waals surface area contributed by atoms with Crippen LogP contribution in [0.15, 0.2) is 22.7 Å². The van der Waals surface area contributed by atoms with Crippen molar-refractivity contribution in [1.29, 1.82) is 0 Å². The topological polar surface area (TPSA) is 68.4 Å². The largest absolute Gasteiger partial charge is 0.507 e. The van der Waals surface area contributed by atoms with Crippen molar-refractivity contribution in [1.82, 2.24) is 10.1 Å². The van der Waals surface area contributed by atoms with Gasteiger partial charge in [-0.3, -0.25) is 0 Å². The fourth-order valence-electron chi connectivity index (χ4n) is 1.77. The smallest absolute Gasteiger partial charge is 0.261 e. The minimum atomic E-state index is -0.205. The third kappa shape index (κ3) is 3.05. The summed E-state index contributed by atoms with van der Waals surface area (Å²) in [4.78, 5) is 4.25. The van der Waals surface area contributed by atoms with Crippen LogP contribution in [-0.4, -0.2) is 22.4 Å². The lowest BCUT2D eigenvalue weighted by Crippen LogP contribution is -2.03. The predicted octanol–water partition coefficient (Wildman–Crippen LogP) is 3.58. The first kappa shape index (κ1) is 13.8. The van der Waals surface area contributed by atoms with Gasteiger partial charge < -0.3 is 14.4 Å². The maximum atomic E-state index is 9.78. The molecule has 0 aliphatic carbocycles. The molecule has 5 nitrogen and oxygen atoms in total. The molecule has 1 heterocycles. The number of phenolic OH excluding ortho intramolecular Hbond substituents is 1. The van der Waals surface area contributed by atoms with Gasteiger partial charge in [-0.05, 0) is 24.6 Å². The van der Waals surface area contributed by atoms with Gasteiger partial charge in [-0.15, -0.1) is 0 Å². The van der Waals surface area contributed by atoms with E-state index in [9.17, 15) is 5.11 Å². The second-order valence-corrected chi connectivity index (χ2v) is 4.57. The van der Waals surface area contributed by atoms with Crippen molar-refractivity contribution < 1.29 is 14.4 Å². The van der Waals surface area contributed by atoms with E-state index in [-0.39, 0.29) is 17.7 Å². The Morgan fingerprint density at radius 2 is 2.26 bits per heavy atom. The Morgan fingerprint density at radius 1 is 1.47 bits per heavy atom. The summed E-state index contributed by atoms with van der Waals surface area (Å²) in [5.41, 5.74) is 0.414. The van der Waals surface area contributed by atoms with E-state index in [1.54, 1.807) is 19.2 Å². The van der Waals surface area contributed by atoms with Crippen molar-refractivity contribution in [2.24, 2.45) is 0 Å². The van der Waals surface area contributed by atoms with Gasteiger partial charge in [0.1, 0.15) is 11.9 Å². The molecule has 1 N–H and O–H groups in total. The summed E-state index contributed by atoms with van der Waals surface area (Å²) < 4.78 is 10.5. The lowest BCUT2D eigenvalue weighted by Gasteiger charge is -2.08. The number of hydrogen-bond acceptors (Lipinski definition) is 5. The summed E-state index contributed by atoms with van der Waals surface area (Å²) in [6.07, 6.45) is 1.55. The minimum Gasteiger partial charge on any atom is -0.507 e. The van der Waals surface area contributed by atoms with E-state index in [1.165, 1.54) is 6.07 Å². The number of hydrogen-bond donors (Lipinski definition) is 1. The highest BCUT2D eigenvalue weighted by molar-refractivity contribution is 6.30. The van der Waals surface area contributed by atoms with Gasteiger partial charge in [0, 0.05) is 12.1 Å². The number of benzene rings is 1. The lowest BCUT2D eigenvalue weighted by molar-refractivity contribution is 0.0854. The van der Waals surface area contributed by atoms with Crippen molar-refractivity contribution in [3.63, 3.8) is 0 Å². The summed E-state index contributed by atoms with van der Waals surface area (Å²) in [5.74, 6) is 0.746. The van der Waals surface area contributed by atoms with E-state index < -0.39 is 0 Å². The molecule has 102 valence electrons. The molecule has 1 unspecified atom stereocenters. The average Bonchev–Trinajstić information content (AvgIpc) is 2.88. The fourth-order valence-corrected chi connectivity index (χ4v) is 1.94. The predicted molar refractivity (Wildman–Crippen MR) is 71.1 cm³/mol. The molecular weight excluding hydrogens is 268 g/mol. The highest BCUT2D eigenvalue weighted by atomic mass is 35.5. The molecule has 0 aliphatic rings. The molecule has 0 amide bonds. The molecule has 19 heavy (non-hydrogen) atoms. The second kappa shape index (κ2) is 6.04. The van der Waals surface area contributed by atoms with Crippen LogP contribution in [0.2, 0.25) is 5.02 Å². The zero-order chi connectivity index (χ0) is 13.8. The molecule has 0 radical (unpaired) electrons. The Labute approximate surface area is 116 Å². The van der Waals surface area contributed by atoms with Crippen molar-refractivity contribution in [3.8, 4) is 17.2 Å². The first-order chi connectivity index (χ1) is 9.15. The van der Waals surface area contributed by atoms with Gasteiger partial charge in [0.15, 0.2) is 0 Å². The van der Waals surface area contributed by atoms with Crippen LogP contribution in [0.5, 0.6) is 5.75 Å². The van der Waals surface area contributed by atoms with Crippen LogP contribution in [0.1, 0.15) is 31.7 Å². The Balaban J connectivity index is 2.32. The molecule has 0 saturated heterocycles. The number of rotatable bonds is 5. The van der Waals surface area contributed by atoms with Crippen molar-refractivity contribution >= 4 is 11.6 Å². The van der Waals surface area contributed by atoms with Crippen LogP contribution in [-0.2, 0) is 4.74 Å². The van der Waals surface area contributed by atoms with Crippen LogP contribution in [0, 0.1) is 0 Å². The summed E-state index contributed by atoms with van der Waals surface area (Å²) in [5, 5.41) is 14.2. The van der Waals surface area contributed by atoms with Crippen LogP contribution in [0.25, 0.3) is 11.5 Å². The van der Waals surface area contributed by atoms with E-state index in [4.69, 9.17) is 20.9 Å². The normalized spacial score (nSPS) is 12.6. The lowest BCUT2D eigenvalue weighted by atomic mass is 10.2. The molecule has 1 aromatic heterocycles. The SMILES string of the molecule is CCCC(OC)c1noc(-c2cc(Cl)ccc2O)n1. The maximum absolute atomic E-state index is 9.78. The summed E-state index contributed by atoms with van der Waals surface area (Å²) in [7, 11) is 1.60. The van der Waals surface area contributed by atoms with Crippen molar-refractivity contribution in [2.45, 2.75) is 25.9 Å². The zero-order valence-electron chi connectivity index (χ0n) is 10.8. The molecule has 6 heteroatoms. The summed E-state index contributed by atoms with van der Waals surface area (Å²) >= 11 is 5.89. The van der Waals surface area contributed by atoms with Gasteiger partial charge >= 0.3 is 0 Å². The van der Waals surface area contributed by atoms with Crippen molar-refractivity contribution in [2.75, 3.05) is 7.11 Å². The Morgan fingerprint density at radius 3 is 2.95 bits per heavy atom. The second-order valence-electron chi connectivity index (χ2n) is 4.13. The molecule has 0 saturated carbocycles. The molecule has 0 aliphatic heterocycles. The number of halogens is 1. The number of methoxy groups -OCH3 is 1. The van der Waals surface area contributed by atoms with Gasteiger partial charge in [0.2, 0.25) is 5.82 Å². The number of aromatic hydroxyl groups is 1. The molecule has 0 fully saturated rings. The Bertz CT molecular complexity index is 557. The highest BCUT2D eigenvalue weighted by Crippen LogP contribution is 2.31. The Kier molecular flexibility index (Phi) is 4.39. The third-order valence-electron chi connectivity index (χ3n) is 2.75. The third-order valence-corrected chi connectivity index (χ3v) is 2.99. The van der Waals surface area contributed by atoms with E-state index >= 15 is 0 Å². The standard InChI is InChI=1S/C13H15ClN2O3/c1-3-4-11(18-2)12-15-13(19-16-12)9-7-8(14)5-6-10(9)17/h5-7,11,17H,3-4H2,1-2H3. The molecule has 2 aromatic rings. The van der Waals surface area contributed by atoms with Gasteiger partial charge in [-0.25, -0.2) is 0 Å². The van der Waals surface area contributed by atoms with E-state index in [0.29, 0.717) is 16.4 Å². The average molecular weight is 283 g/mol. The maximum Gasteiger partial charge on any atom is 0.261 e. The number of aromatic nitrogens is 2. The molecule has 1 aromatic carbocycles. The van der Waals surface area contributed by atoms with E-state index in [2.05, 4.69) is 17.1 Å². The van der Waals surface area contributed by atoms with Crippen LogP contribution in [0.3, 0.4) is 0 Å². The molecule has 1 atom stereocenters. The van der Waals surface area contributed by atoms with E-state index in [1.807, 2.05) is 0 Å². The van der Waals surface area contributed by atoms with Gasteiger partial charge in [0.05, 0.1) is 5.56 Å². The first-order valence-electron chi connectivity index (χ1n) is 6.01. The van der Waals surface area contributed by atoms with E-state index in [0.717, 1.165) is 12.8 Å². The minimum absolute atomic E-state index is 0.0454. The number of nitrogens with zero attached hydrogens (tertiary/aromatic N) is 2. The fraction of sp³-hybridized carbons (Fsp3) is 0.385. The summed E-state index contributed by atoms with van der Waals surface area (Å²) in [6, 6.07) is 4.66. The molecule has 0 spiro atoms. The Hall–Kier alpha value is -1.59. The van der Waals surface area contributed by atoms with Crippen molar-refractivity contribution in [3.05, 3.63) is 29.0 Å².